The third-order valence-electron chi connectivity index (χ3n) is 5.05. The van der Waals surface area contributed by atoms with Gasteiger partial charge in [0.15, 0.2) is 0 Å². The van der Waals surface area contributed by atoms with Crippen LogP contribution >= 0.6 is 0 Å². The second-order valence-corrected chi connectivity index (χ2v) is 9.49. The average Bonchev–Trinajstić information content (AvgIpc) is 2.74. The van der Waals surface area contributed by atoms with E-state index in [0.717, 1.165) is 5.56 Å². The fourth-order valence-corrected chi connectivity index (χ4v) is 4.40. The lowest BCUT2D eigenvalue weighted by Gasteiger charge is -2.22. The maximum absolute atomic E-state index is 13.0. The molecule has 0 aliphatic heterocycles. The molecule has 0 aliphatic rings. The molecule has 0 unspecified atom stereocenters. The second-order valence-electron chi connectivity index (χ2n) is 7.52. The Morgan fingerprint density at radius 1 is 0.933 bits per heavy atom. The molecular formula is C24H26N2O3S. The summed E-state index contributed by atoms with van der Waals surface area (Å²) in [6.07, 6.45) is 0. The van der Waals surface area contributed by atoms with Gasteiger partial charge in [0.25, 0.3) is 15.9 Å². The smallest absolute Gasteiger partial charge is 0.264 e. The van der Waals surface area contributed by atoms with Crippen LogP contribution in [0.25, 0.3) is 0 Å². The highest BCUT2D eigenvalue weighted by Crippen LogP contribution is 2.27. The Labute approximate surface area is 178 Å². The average molecular weight is 423 g/mol. The third-order valence-corrected chi connectivity index (χ3v) is 6.83. The van der Waals surface area contributed by atoms with Gasteiger partial charge in [-0.2, -0.15) is 0 Å². The van der Waals surface area contributed by atoms with Gasteiger partial charge in [0.1, 0.15) is 0 Å². The van der Waals surface area contributed by atoms with Gasteiger partial charge in [-0.1, -0.05) is 50.2 Å². The molecule has 0 spiro atoms. The van der Waals surface area contributed by atoms with E-state index >= 15 is 0 Å². The van der Waals surface area contributed by atoms with E-state index in [9.17, 15) is 13.2 Å². The van der Waals surface area contributed by atoms with Crippen LogP contribution in [-0.4, -0.2) is 21.4 Å². The summed E-state index contributed by atoms with van der Waals surface area (Å²) >= 11 is 0. The van der Waals surface area contributed by atoms with Crippen LogP contribution < -0.4 is 9.62 Å². The summed E-state index contributed by atoms with van der Waals surface area (Å²) in [5, 5.41) is 2.87. The first-order valence-corrected chi connectivity index (χ1v) is 11.2. The van der Waals surface area contributed by atoms with E-state index in [1.807, 2.05) is 31.2 Å². The van der Waals surface area contributed by atoms with Crippen molar-refractivity contribution in [3.8, 4) is 0 Å². The standard InChI is InChI=1S/C24H26N2O3S/c1-17(2)19-12-14-21(15-13-19)25-24(27)20-11-10-18(3)23(16-20)26(4)30(28,29)22-8-6-5-7-9-22/h5-17H,1-4H3,(H,25,27). The van der Waals surface area contributed by atoms with E-state index < -0.39 is 10.0 Å². The van der Waals surface area contributed by atoms with Crippen molar-refractivity contribution in [2.75, 3.05) is 16.7 Å². The molecule has 5 nitrogen and oxygen atoms in total. The van der Waals surface area contributed by atoms with Crippen LogP contribution in [0.4, 0.5) is 11.4 Å². The summed E-state index contributed by atoms with van der Waals surface area (Å²) in [5.41, 5.74) is 3.49. The molecule has 0 heterocycles. The lowest BCUT2D eigenvalue weighted by atomic mass is 10.0. The van der Waals surface area contributed by atoms with Crippen LogP contribution in [-0.2, 0) is 10.0 Å². The Balaban J connectivity index is 1.86. The molecule has 1 amide bonds. The zero-order valence-corrected chi connectivity index (χ0v) is 18.4. The highest BCUT2D eigenvalue weighted by Gasteiger charge is 2.23. The van der Waals surface area contributed by atoms with E-state index in [1.165, 1.54) is 16.9 Å². The van der Waals surface area contributed by atoms with Crippen LogP contribution in [0.15, 0.2) is 77.7 Å². The van der Waals surface area contributed by atoms with Crippen molar-refractivity contribution in [3.05, 3.63) is 89.5 Å². The minimum Gasteiger partial charge on any atom is -0.322 e. The minimum absolute atomic E-state index is 0.201. The maximum atomic E-state index is 13.0. The molecule has 0 aromatic heterocycles. The molecule has 0 bridgehead atoms. The van der Waals surface area contributed by atoms with Crippen molar-refractivity contribution >= 4 is 27.3 Å². The summed E-state index contributed by atoms with van der Waals surface area (Å²) < 4.78 is 27.2. The number of rotatable bonds is 6. The van der Waals surface area contributed by atoms with E-state index in [2.05, 4.69) is 19.2 Å². The Morgan fingerprint density at radius 2 is 1.57 bits per heavy atom. The molecule has 3 aromatic carbocycles. The molecule has 3 rings (SSSR count). The number of sulfonamides is 1. The summed E-state index contributed by atoms with van der Waals surface area (Å²) in [6, 6.07) is 21.0. The minimum atomic E-state index is -3.73. The Kier molecular flexibility index (Phi) is 6.27. The van der Waals surface area contributed by atoms with E-state index in [1.54, 1.807) is 48.5 Å². The first kappa shape index (κ1) is 21.6. The van der Waals surface area contributed by atoms with Crippen LogP contribution in [0.5, 0.6) is 0 Å². The predicted molar refractivity (Wildman–Crippen MR) is 122 cm³/mol. The van der Waals surface area contributed by atoms with Crippen LogP contribution in [0, 0.1) is 6.92 Å². The number of nitrogens with one attached hydrogen (secondary N) is 1. The quantitative estimate of drug-likeness (QED) is 0.594. The van der Waals surface area contributed by atoms with Crippen molar-refractivity contribution in [3.63, 3.8) is 0 Å². The SMILES string of the molecule is Cc1ccc(C(=O)Nc2ccc(C(C)C)cc2)cc1N(C)S(=O)(=O)c1ccccc1. The maximum Gasteiger partial charge on any atom is 0.264 e. The molecule has 0 radical (unpaired) electrons. The number of hydrogen-bond donors (Lipinski definition) is 1. The molecule has 1 N–H and O–H groups in total. The van der Waals surface area contributed by atoms with Crippen molar-refractivity contribution in [1.82, 2.24) is 0 Å². The summed E-state index contributed by atoms with van der Waals surface area (Å²) in [4.78, 5) is 13.0. The van der Waals surface area contributed by atoms with Crippen LogP contribution in [0.2, 0.25) is 0 Å². The van der Waals surface area contributed by atoms with Crippen LogP contribution in [0.1, 0.15) is 41.3 Å². The predicted octanol–water partition coefficient (Wildman–Crippen LogP) is 5.20. The zero-order chi connectivity index (χ0) is 21.9. The van der Waals surface area contributed by atoms with Gasteiger partial charge in [-0.25, -0.2) is 8.42 Å². The van der Waals surface area contributed by atoms with Crippen molar-refractivity contribution < 1.29 is 13.2 Å². The Hall–Kier alpha value is -3.12. The highest BCUT2D eigenvalue weighted by atomic mass is 32.2. The zero-order valence-electron chi connectivity index (χ0n) is 17.6. The van der Waals surface area contributed by atoms with Gasteiger partial charge >= 0.3 is 0 Å². The molecule has 156 valence electrons. The summed E-state index contributed by atoms with van der Waals surface area (Å²) in [6.45, 7) is 6.04. The van der Waals surface area contributed by atoms with Crippen molar-refractivity contribution in [2.24, 2.45) is 0 Å². The monoisotopic (exact) mass is 422 g/mol. The topological polar surface area (TPSA) is 66.5 Å². The fourth-order valence-electron chi connectivity index (χ4n) is 3.12. The molecule has 0 atom stereocenters. The molecule has 6 heteroatoms. The molecule has 0 saturated heterocycles. The van der Waals surface area contributed by atoms with E-state index in [4.69, 9.17) is 0 Å². The number of nitrogens with zero attached hydrogens (tertiary/aromatic N) is 1. The molecule has 0 fully saturated rings. The number of aryl methyl sites for hydroxylation is 1. The van der Waals surface area contributed by atoms with Gasteiger partial charge in [-0.05, 0) is 60.4 Å². The van der Waals surface area contributed by atoms with Gasteiger partial charge in [-0.15, -0.1) is 0 Å². The second kappa shape index (κ2) is 8.71. The molecule has 30 heavy (non-hydrogen) atoms. The third kappa shape index (κ3) is 4.54. The molecular weight excluding hydrogens is 396 g/mol. The number of amides is 1. The number of carbonyl (C=O) groups excluding carboxylic acids is 1. The highest BCUT2D eigenvalue weighted by molar-refractivity contribution is 7.92. The number of benzene rings is 3. The fraction of sp³-hybridized carbons (Fsp3) is 0.208. The first-order valence-electron chi connectivity index (χ1n) is 9.76. The van der Waals surface area contributed by atoms with Crippen LogP contribution in [0.3, 0.4) is 0 Å². The van der Waals surface area contributed by atoms with E-state index in [0.29, 0.717) is 22.9 Å². The lowest BCUT2D eigenvalue weighted by Crippen LogP contribution is -2.27. The first-order chi connectivity index (χ1) is 14.2. The number of hydrogen-bond acceptors (Lipinski definition) is 3. The number of carbonyl (C=O) groups is 1. The molecule has 3 aromatic rings. The Bertz CT molecular complexity index is 1140. The van der Waals surface area contributed by atoms with E-state index in [-0.39, 0.29) is 10.8 Å². The van der Waals surface area contributed by atoms with Gasteiger partial charge in [0.05, 0.1) is 10.6 Å². The number of anilines is 2. The molecule has 0 aliphatic carbocycles. The summed E-state index contributed by atoms with van der Waals surface area (Å²) in [7, 11) is -2.23. The van der Waals surface area contributed by atoms with Gasteiger partial charge in [0.2, 0.25) is 0 Å². The van der Waals surface area contributed by atoms with Crippen molar-refractivity contribution in [2.45, 2.75) is 31.6 Å². The van der Waals surface area contributed by atoms with Crippen molar-refractivity contribution in [1.29, 1.82) is 0 Å². The lowest BCUT2D eigenvalue weighted by molar-refractivity contribution is 0.102. The Morgan fingerprint density at radius 3 is 2.17 bits per heavy atom. The normalized spacial score (nSPS) is 11.4. The van der Waals surface area contributed by atoms with Gasteiger partial charge in [-0.3, -0.25) is 9.10 Å². The largest absolute Gasteiger partial charge is 0.322 e. The molecule has 0 saturated carbocycles. The van der Waals surface area contributed by atoms with Gasteiger partial charge in [0, 0.05) is 18.3 Å². The van der Waals surface area contributed by atoms with Gasteiger partial charge < -0.3 is 5.32 Å². The summed E-state index contributed by atoms with van der Waals surface area (Å²) in [5.74, 6) is 0.121.